The second-order valence-corrected chi connectivity index (χ2v) is 7.46. The Bertz CT molecular complexity index is 1020. The zero-order chi connectivity index (χ0) is 20.9. The fourth-order valence-corrected chi connectivity index (χ4v) is 3.66. The van der Waals surface area contributed by atoms with Crippen LogP contribution in [0.5, 0.6) is 0 Å². The molecule has 0 spiro atoms. The number of nitrogens with zero attached hydrogens (tertiary/aromatic N) is 2. The van der Waals surface area contributed by atoms with Gasteiger partial charge in [-0.1, -0.05) is 36.4 Å². The van der Waals surface area contributed by atoms with E-state index in [0.717, 1.165) is 24.3 Å². The number of hydrogen-bond acceptors (Lipinski definition) is 3. The van der Waals surface area contributed by atoms with E-state index in [0.29, 0.717) is 24.2 Å². The molecule has 1 fully saturated rings. The maximum atomic E-state index is 12.9. The molecular formula is C25H25N3O2. The average Bonchev–Trinajstić information content (AvgIpc) is 2.81. The number of benzene rings is 3. The molecule has 1 N–H and O–H groups in total. The molecular weight excluding hydrogens is 374 g/mol. The molecule has 5 nitrogen and oxygen atoms in total. The Labute approximate surface area is 176 Å². The summed E-state index contributed by atoms with van der Waals surface area (Å²) in [6, 6.07) is 24.8. The Kier molecular flexibility index (Phi) is 5.80. The van der Waals surface area contributed by atoms with E-state index in [4.69, 9.17) is 0 Å². The van der Waals surface area contributed by atoms with Gasteiger partial charge in [0, 0.05) is 48.7 Å². The summed E-state index contributed by atoms with van der Waals surface area (Å²) in [6.07, 6.45) is 0. The van der Waals surface area contributed by atoms with Crippen molar-refractivity contribution < 1.29 is 9.59 Å². The molecule has 0 aromatic heterocycles. The molecule has 4 rings (SSSR count). The van der Waals surface area contributed by atoms with Crippen molar-refractivity contribution in [2.75, 3.05) is 36.4 Å². The van der Waals surface area contributed by atoms with Gasteiger partial charge >= 0.3 is 0 Å². The highest BCUT2D eigenvalue weighted by atomic mass is 16.2. The molecule has 0 aliphatic carbocycles. The lowest BCUT2D eigenvalue weighted by atomic mass is 10.1. The van der Waals surface area contributed by atoms with E-state index in [1.807, 2.05) is 54.3 Å². The van der Waals surface area contributed by atoms with Gasteiger partial charge in [0.05, 0.1) is 0 Å². The smallest absolute Gasteiger partial charge is 0.255 e. The van der Waals surface area contributed by atoms with Gasteiger partial charge in [-0.2, -0.15) is 0 Å². The predicted molar refractivity (Wildman–Crippen MR) is 120 cm³/mol. The summed E-state index contributed by atoms with van der Waals surface area (Å²) in [6.45, 7) is 4.95. The van der Waals surface area contributed by atoms with Crippen molar-refractivity contribution >= 4 is 23.2 Å². The van der Waals surface area contributed by atoms with Gasteiger partial charge in [-0.3, -0.25) is 9.59 Å². The minimum Gasteiger partial charge on any atom is -0.368 e. The first kappa shape index (κ1) is 19.7. The number of anilines is 2. The Morgan fingerprint density at radius 2 is 1.33 bits per heavy atom. The monoisotopic (exact) mass is 399 g/mol. The van der Waals surface area contributed by atoms with Crippen molar-refractivity contribution in [3.63, 3.8) is 0 Å². The second kappa shape index (κ2) is 8.82. The molecule has 3 aromatic carbocycles. The molecule has 1 aliphatic heterocycles. The van der Waals surface area contributed by atoms with E-state index in [-0.39, 0.29) is 11.8 Å². The van der Waals surface area contributed by atoms with Gasteiger partial charge in [-0.25, -0.2) is 0 Å². The molecule has 0 saturated carbocycles. The third-order valence-electron chi connectivity index (χ3n) is 5.48. The van der Waals surface area contributed by atoms with Crippen molar-refractivity contribution in [2.24, 2.45) is 0 Å². The molecule has 1 heterocycles. The van der Waals surface area contributed by atoms with Crippen LogP contribution in [0.2, 0.25) is 0 Å². The molecule has 30 heavy (non-hydrogen) atoms. The van der Waals surface area contributed by atoms with Crippen LogP contribution >= 0.6 is 0 Å². The van der Waals surface area contributed by atoms with E-state index in [2.05, 4.69) is 22.3 Å². The number of nitrogens with one attached hydrogen (secondary N) is 1. The lowest BCUT2D eigenvalue weighted by Gasteiger charge is -2.36. The summed E-state index contributed by atoms with van der Waals surface area (Å²) in [4.78, 5) is 29.5. The summed E-state index contributed by atoms with van der Waals surface area (Å²) in [5.41, 5.74) is 4.12. The maximum Gasteiger partial charge on any atom is 0.255 e. The molecule has 0 bridgehead atoms. The number of carbonyl (C=O) groups excluding carboxylic acids is 2. The van der Waals surface area contributed by atoms with Gasteiger partial charge in [-0.15, -0.1) is 0 Å². The molecule has 1 aliphatic rings. The lowest BCUT2D eigenvalue weighted by molar-refractivity contribution is 0.0746. The molecule has 0 radical (unpaired) electrons. The molecule has 152 valence electrons. The molecule has 2 amide bonds. The zero-order valence-corrected chi connectivity index (χ0v) is 17.0. The minimum absolute atomic E-state index is 0.00794. The van der Waals surface area contributed by atoms with Crippen LogP contribution in [0.3, 0.4) is 0 Å². The fraction of sp³-hybridized carbons (Fsp3) is 0.200. The minimum atomic E-state index is -0.181. The SMILES string of the molecule is Cc1ccccc1NC(=O)c1ccc(C(=O)N2CCN(c3ccccc3)CC2)cc1. The largest absolute Gasteiger partial charge is 0.368 e. The quantitative estimate of drug-likeness (QED) is 0.715. The zero-order valence-electron chi connectivity index (χ0n) is 17.0. The maximum absolute atomic E-state index is 12.9. The number of rotatable bonds is 4. The number of hydrogen-bond donors (Lipinski definition) is 1. The summed E-state index contributed by atoms with van der Waals surface area (Å²) < 4.78 is 0. The van der Waals surface area contributed by atoms with E-state index < -0.39 is 0 Å². The second-order valence-electron chi connectivity index (χ2n) is 7.46. The Morgan fingerprint density at radius 3 is 2.00 bits per heavy atom. The topological polar surface area (TPSA) is 52.7 Å². The Morgan fingerprint density at radius 1 is 0.733 bits per heavy atom. The number of aryl methyl sites for hydroxylation is 1. The van der Waals surface area contributed by atoms with Crippen LogP contribution in [0.4, 0.5) is 11.4 Å². The van der Waals surface area contributed by atoms with Gasteiger partial charge in [0.2, 0.25) is 0 Å². The first-order chi connectivity index (χ1) is 14.6. The van der Waals surface area contributed by atoms with E-state index in [1.54, 1.807) is 24.3 Å². The summed E-state index contributed by atoms with van der Waals surface area (Å²) in [5, 5.41) is 2.92. The van der Waals surface area contributed by atoms with Crippen molar-refractivity contribution in [3.05, 3.63) is 95.6 Å². The van der Waals surface area contributed by atoms with Crippen molar-refractivity contribution in [1.82, 2.24) is 4.90 Å². The molecule has 0 atom stereocenters. The van der Waals surface area contributed by atoms with Crippen molar-refractivity contribution in [3.8, 4) is 0 Å². The Hall–Kier alpha value is -3.60. The normalized spacial score (nSPS) is 13.8. The molecule has 5 heteroatoms. The van der Waals surface area contributed by atoms with E-state index >= 15 is 0 Å². The van der Waals surface area contributed by atoms with Crippen molar-refractivity contribution in [1.29, 1.82) is 0 Å². The number of carbonyl (C=O) groups is 2. The van der Waals surface area contributed by atoms with Crippen LogP contribution in [-0.4, -0.2) is 42.9 Å². The van der Waals surface area contributed by atoms with E-state index in [9.17, 15) is 9.59 Å². The van der Waals surface area contributed by atoms with Crippen LogP contribution in [0.25, 0.3) is 0 Å². The highest BCUT2D eigenvalue weighted by molar-refractivity contribution is 6.05. The number of piperazine rings is 1. The lowest BCUT2D eigenvalue weighted by Crippen LogP contribution is -2.48. The predicted octanol–water partition coefficient (Wildman–Crippen LogP) is 4.21. The standard InChI is InChI=1S/C25H25N3O2/c1-19-7-5-6-10-23(19)26-24(29)20-11-13-21(14-12-20)25(30)28-17-15-27(16-18-28)22-8-3-2-4-9-22/h2-14H,15-18H2,1H3,(H,26,29). The van der Waals surface area contributed by atoms with Crippen LogP contribution in [0, 0.1) is 6.92 Å². The Balaban J connectivity index is 1.36. The van der Waals surface area contributed by atoms with Crippen LogP contribution < -0.4 is 10.2 Å². The van der Waals surface area contributed by atoms with Gasteiger partial charge < -0.3 is 15.1 Å². The van der Waals surface area contributed by atoms with Crippen LogP contribution in [0.1, 0.15) is 26.3 Å². The van der Waals surface area contributed by atoms with Crippen LogP contribution in [-0.2, 0) is 0 Å². The first-order valence-corrected chi connectivity index (χ1v) is 10.2. The molecule has 0 unspecified atom stereocenters. The third-order valence-corrected chi connectivity index (χ3v) is 5.48. The highest BCUT2D eigenvalue weighted by Gasteiger charge is 2.22. The molecule has 1 saturated heterocycles. The van der Waals surface area contributed by atoms with Gasteiger partial charge in [0.15, 0.2) is 0 Å². The highest BCUT2D eigenvalue weighted by Crippen LogP contribution is 2.18. The van der Waals surface area contributed by atoms with E-state index in [1.165, 1.54) is 5.69 Å². The summed E-state index contributed by atoms with van der Waals surface area (Å²) in [5.74, 6) is -0.173. The fourth-order valence-electron chi connectivity index (χ4n) is 3.66. The number of para-hydroxylation sites is 2. The van der Waals surface area contributed by atoms with Crippen LogP contribution in [0.15, 0.2) is 78.9 Å². The van der Waals surface area contributed by atoms with Gasteiger partial charge in [-0.05, 0) is 55.0 Å². The third kappa shape index (κ3) is 4.35. The van der Waals surface area contributed by atoms with Gasteiger partial charge in [0.25, 0.3) is 11.8 Å². The van der Waals surface area contributed by atoms with Crippen molar-refractivity contribution in [2.45, 2.75) is 6.92 Å². The summed E-state index contributed by atoms with van der Waals surface area (Å²) in [7, 11) is 0. The average molecular weight is 399 g/mol. The molecule has 3 aromatic rings. The summed E-state index contributed by atoms with van der Waals surface area (Å²) >= 11 is 0. The number of amides is 2. The van der Waals surface area contributed by atoms with Gasteiger partial charge in [0.1, 0.15) is 0 Å². The first-order valence-electron chi connectivity index (χ1n) is 10.2.